The monoisotopic (exact) mass is 272 g/mol. The minimum Gasteiger partial charge on any atom is -0.380 e. The Morgan fingerprint density at radius 1 is 1.50 bits per heavy atom. The van der Waals surface area contributed by atoms with Crippen molar-refractivity contribution in [3.8, 4) is 0 Å². The summed E-state index contributed by atoms with van der Waals surface area (Å²) in [5.74, 6) is 1.94. The number of nitrogens with one attached hydrogen (secondary N) is 1. The van der Waals surface area contributed by atoms with Gasteiger partial charge in [0.25, 0.3) is 0 Å². The summed E-state index contributed by atoms with van der Waals surface area (Å²) in [6, 6.07) is 0. The third-order valence-corrected chi connectivity index (χ3v) is 5.14. The van der Waals surface area contributed by atoms with Crippen LogP contribution >= 0.6 is 0 Å². The van der Waals surface area contributed by atoms with Crippen molar-refractivity contribution in [2.75, 3.05) is 25.1 Å². The second-order valence-electron chi connectivity index (χ2n) is 6.17. The van der Waals surface area contributed by atoms with Gasteiger partial charge in [-0.25, -0.2) is 9.97 Å². The van der Waals surface area contributed by atoms with Gasteiger partial charge in [-0.2, -0.15) is 0 Å². The predicted octanol–water partition coefficient (Wildman–Crippen LogP) is 2.34. The second-order valence-corrected chi connectivity index (χ2v) is 6.17. The summed E-state index contributed by atoms with van der Waals surface area (Å²) >= 11 is 0. The van der Waals surface area contributed by atoms with Crippen LogP contribution in [0.3, 0.4) is 0 Å². The highest BCUT2D eigenvalue weighted by atomic mass is 16.5. The van der Waals surface area contributed by atoms with Crippen molar-refractivity contribution in [3.63, 3.8) is 0 Å². The molecule has 0 amide bonds. The Morgan fingerprint density at radius 2 is 2.40 bits per heavy atom. The summed E-state index contributed by atoms with van der Waals surface area (Å²) in [7, 11) is 1.72. The van der Waals surface area contributed by atoms with Crippen LogP contribution in [0.2, 0.25) is 0 Å². The molecule has 3 heterocycles. The SMILES string of the molecule is CCC12CC1CN(c1ncnc3[nH]cc(COC)c13)C2. The number of hydrogen-bond acceptors (Lipinski definition) is 4. The van der Waals surface area contributed by atoms with E-state index in [4.69, 9.17) is 4.74 Å². The minimum absolute atomic E-state index is 0.564. The van der Waals surface area contributed by atoms with Gasteiger partial charge in [0, 0.05) is 32.0 Å². The third-order valence-electron chi connectivity index (χ3n) is 5.14. The summed E-state index contributed by atoms with van der Waals surface area (Å²) in [6.45, 7) is 5.18. The van der Waals surface area contributed by atoms with Gasteiger partial charge >= 0.3 is 0 Å². The molecule has 0 radical (unpaired) electrons. The molecule has 2 aromatic heterocycles. The second kappa shape index (κ2) is 4.19. The number of piperidine rings is 1. The highest BCUT2D eigenvalue weighted by Gasteiger charge is 2.58. The zero-order chi connectivity index (χ0) is 13.7. The molecule has 1 saturated carbocycles. The van der Waals surface area contributed by atoms with Gasteiger partial charge in [0.15, 0.2) is 0 Å². The van der Waals surface area contributed by atoms with Crippen molar-refractivity contribution >= 4 is 16.9 Å². The Balaban J connectivity index is 1.75. The van der Waals surface area contributed by atoms with Gasteiger partial charge < -0.3 is 14.6 Å². The molecule has 0 spiro atoms. The quantitative estimate of drug-likeness (QED) is 0.928. The van der Waals surface area contributed by atoms with Crippen molar-refractivity contribution in [2.45, 2.75) is 26.4 Å². The molecule has 5 nitrogen and oxygen atoms in total. The lowest BCUT2D eigenvalue weighted by Gasteiger charge is -2.22. The summed E-state index contributed by atoms with van der Waals surface area (Å²) in [6.07, 6.45) is 6.32. The van der Waals surface area contributed by atoms with E-state index >= 15 is 0 Å². The van der Waals surface area contributed by atoms with Gasteiger partial charge in [-0.1, -0.05) is 6.92 Å². The van der Waals surface area contributed by atoms with Crippen molar-refractivity contribution in [3.05, 3.63) is 18.1 Å². The molecule has 2 unspecified atom stereocenters. The van der Waals surface area contributed by atoms with Crippen molar-refractivity contribution in [1.82, 2.24) is 15.0 Å². The molecule has 2 aromatic rings. The molecule has 4 rings (SSSR count). The zero-order valence-electron chi connectivity index (χ0n) is 12.0. The van der Waals surface area contributed by atoms with E-state index in [0.29, 0.717) is 12.0 Å². The molecule has 0 bridgehead atoms. The van der Waals surface area contributed by atoms with E-state index in [-0.39, 0.29) is 0 Å². The molecule has 20 heavy (non-hydrogen) atoms. The number of rotatable bonds is 4. The van der Waals surface area contributed by atoms with Crippen molar-refractivity contribution in [1.29, 1.82) is 0 Å². The topological polar surface area (TPSA) is 54.0 Å². The molecular weight excluding hydrogens is 252 g/mol. The number of ether oxygens (including phenoxy) is 1. The average Bonchev–Trinajstić information content (AvgIpc) is 2.84. The fourth-order valence-electron chi connectivity index (χ4n) is 3.82. The molecule has 0 aromatic carbocycles. The highest BCUT2D eigenvalue weighted by molar-refractivity contribution is 5.91. The van der Waals surface area contributed by atoms with Gasteiger partial charge in [-0.15, -0.1) is 0 Å². The zero-order valence-corrected chi connectivity index (χ0v) is 12.0. The van der Waals surface area contributed by atoms with Crippen LogP contribution in [0.15, 0.2) is 12.5 Å². The number of H-pyrrole nitrogens is 1. The van der Waals surface area contributed by atoms with E-state index in [0.717, 1.165) is 41.4 Å². The Bertz CT molecular complexity index is 648. The third kappa shape index (κ3) is 1.59. The maximum atomic E-state index is 5.29. The molecule has 2 atom stereocenters. The first-order valence-corrected chi connectivity index (χ1v) is 7.32. The summed E-state index contributed by atoms with van der Waals surface area (Å²) in [4.78, 5) is 14.6. The Morgan fingerprint density at radius 3 is 3.15 bits per heavy atom. The molecule has 2 aliphatic rings. The maximum absolute atomic E-state index is 5.29. The molecule has 1 aliphatic heterocycles. The van der Waals surface area contributed by atoms with Crippen LogP contribution in [0.25, 0.3) is 11.0 Å². The molecule has 1 saturated heterocycles. The number of hydrogen-bond donors (Lipinski definition) is 1. The van der Waals surface area contributed by atoms with Crippen LogP contribution in [0.4, 0.5) is 5.82 Å². The van der Waals surface area contributed by atoms with Gasteiger partial charge in [0.05, 0.1) is 12.0 Å². The Labute approximate surface area is 118 Å². The van der Waals surface area contributed by atoms with Gasteiger partial charge in [0.1, 0.15) is 17.8 Å². The molecular formula is C15H20N4O. The number of nitrogens with zero attached hydrogens (tertiary/aromatic N) is 3. The average molecular weight is 272 g/mol. The summed E-state index contributed by atoms with van der Waals surface area (Å²) in [5.41, 5.74) is 2.62. The van der Waals surface area contributed by atoms with E-state index in [9.17, 15) is 0 Å². The van der Waals surface area contributed by atoms with Crippen LogP contribution in [0.5, 0.6) is 0 Å². The summed E-state index contributed by atoms with van der Waals surface area (Å²) < 4.78 is 5.29. The van der Waals surface area contributed by atoms with E-state index in [1.54, 1.807) is 13.4 Å². The van der Waals surface area contributed by atoms with Gasteiger partial charge in [0.2, 0.25) is 0 Å². The van der Waals surface area contributed by atoms with Gasteiger partial charge in [-0.05, 0) is 24.2 Å². The number of methoxy groups -OCH3 is 1. The number of fused-ring (bicyclic) bond motifs is 2. The Hall–Kier alpha value is -1.62. The van der Waals surface area contributed by atoms with Gasteiger partial charge in [-0.3, -0.25) is 0 Å². The lowest BCUT2D eigenvalue weighted by molar-refractivity contribution is 0.186. The fraction of sp³-hybridized carbons (Fsp3) is 0.600. The standard InChI is InChI=1S/C15H20N4O/c1-3-15-4-11(15)6-19(8-15)14-12-10(7-20-2)5-16-13(12)17-9-18-14/h5,9,11H,3-4,6-8H2,1-2H3,(H,16,17,18). The lowest BCUT2D eigenvalue weighted by Crippen LogP contribution is -2.25. The van der Waals surface area contributed by atoms with Crippen LogP contribution in [0.1, 0.15) is 25.3 Å². The lowest BCUT2D eigenvalue weighted by atomic mass is 10.0. The van der Waals surface area contributed by atoms with E-state index in [1.807, 2.05) is 6.20 Å². The maximum Gasteiger partial charge on any atom is 0.143 e. The van der Waals surface area contributed by atoms with Crippen LogP contribution < -0.4 is 4.90 Å². The molecule has 1 N–H and O–H groups in total. The molecule has 5 heteroatoms. The van der Waals surface area contributed by atoms with Crippen LogP contribution in [-0.2, 0) is 11.3 Å². The fourth-order valence-corrected chi connectivity index (χ4v) is 3.82. The van der Waals surface area contributed by atoms with Crippen LogP contribution in [-0.4, -0.2) is 35.2 Å². The first-order chi connectivity index (χ1) is 9.77. The first kappa shape index (κ1) is 12.1. The summed E-state index contributed by atoms with van der Waals surface area (Å²) in [5, 5.41) is 1.13. The molecule has 1 aliphatic carbocycles. The number of aromatic amines is 1. The first-order valence-electron chi connectivity index (χ1n) is 7.32. The van der Waals surface area contributed by atoms with Crippen molar-refractivity contribution < 1.29 is 4.74 Å². The van der Waals surface area contributed by atoms with Crippen LogP contribution in [0, 0.1) is 11.3 Å². The van der Waals surface area contributed by atoms with Crippen molar-refractivity contribution in [2.24, 2.45) is 11.3 Å². The number of anilines is 1. The molecule has 2 fully saturated rings. The normalized spacial score (nSPS) is 28.1. The highest BCUT2D eigenvalue weighted by Crippen LogP contribution is 2.60. The minimum atomic E-state index is 0.564. The number of aromatic nitrogens is 3. The Kier molecular flexibility index (Phi) is 2.54. The van der Waals surface area contributed by atoms with E-state index < -0.39 is 0 Å². The predicted molar refractivity (Wildman–Crippen MR) is 77.6 cm³/mol. The van der Waals surface area contributed by atoms with E-state index in [1.165, 1.54) is 12.8 Å². The van der Waals surface area contributed by atoms with E-state index in [2.05, 4.69) is 26.8 Å². The largest absolute Gasteiger partial charge is 0.380 e. The smallest absolute Gasteiger partial charge is 0.143 e. The molecule has 106 valence electrons.